The number of carbonyl (C=O) groups is 2. The number of nitrogens with zero attached hydrogens (tertiary/aromatic N) is 2. The van der Waals surface area contributed by atoms with Gasteiger partial charge in [0, 0.05) is 23.4 Å². The van der Waals surface area contributed by atoms with Gasteiger partial charge in [0.1, 0.15) is 18.9 Å². The first-order chi connectivity index (χ1) is 13.9. The maximum atomic E-state index is 13.3. The zero-order valence-corrected chi connectivity index (χ0v) is 18.4. The molecule has 29 heavy (non-hydrogen) atoms. The van der Waals surface area contributed by atoms with Crippen LogP contribution in [-0.2, 0) is 16.0 Å². The smallest absolute Gasteiger partial charge is 0.242 e. The monoisotopic (exact) mass is 414 g/mol. The largest absolute Gasteiger partial charge is 0.491 e. The lowest BCUT2D eigenvalue weighted by molar-refractivity contribution is -0.145. The van der Waals surface area contributed by atoms with Crippen molar-refractivity contribution >= 4 is 23.2 Å². The normalized spacial score (nSPS) is 16.1. The first-order valence-corrected chi connectivity index (χ1v) is 11.1. The summed E-state index contributed by atoms with van der Waals surface area (Å²) in [5.41, 5.74) is 1.16. The molecule has 1 aliphatic rings. The van der Waals surface area contributed by atoms with Crippen LogP contribution < -0.4 is 4.74 Å². The molecular formula is C23H30N2O3S. The average Bonchev–Trinajstić information content (AvgIpc) is 3.19. The highest BCUT2D eigenvalue weighted by Gasteiger charge is 2.34. The van der Waals surface area contributed by atoms with Crippen LogP contribution in [0, 0.1) is 5.92 Å². The van der Waals surface area contributed by atoms with E-state index in [9.17, 15) is 9.59 Å². The van der Waals surface area contributed by atoms with E-state index in [1.165, 1.54) is 4.88 Å². The summed E-state index contributed by atoms with van der Waals surface area (Å²) in [7, 11) is 0. The van der Waals surface area contributed by atoms with Gasteiger partial charge in [-0.25, -0.2) is 0 Å². The fraction of sp³-hybridized carbons (Fsp3) is 0.478. The first kappa shape index (κ1) is 21.4. The molecule has 6 heteroatoms. The minimum atomic E-state index is -0.138. The molecule has 3 rings (SSSR count). The molecule has 0 N–H and O–H groups in total. The van der Waals surface area contributed by atoms with Gasteiger partial charge in [-0.05, 0) is 49.4 Å². The van der Waals surface area contributed by atoms with E-state index in [2.05, 4.69) is 11.4 Å². The number of hydrogen-bond acceptors (Lipinski definition) is 4. The Labute approximate surface area is 177 Å². The van der Waals surface area contributed by atoms with Gasteiger partial charge in [-0.1, -0.05) is 32.0 Å². The van der Waals surface area contributed by atoms with Gasteiger partial charge in [0.15, 0.2) is 0 Å². The lowest BCUT2D eigenvalue weighted by Gasteiger charge is -2.38. The number of ether oxygens (including phenoxy) is 1. The Morgan fingerprint density at radius 2 is 1.90 bits per heavy atom. The Balaban J connectivity index is 1.78. The summed E-state index contributed by atoms with van der Waals surface area (Å²) < 4.78 is 6.02. The Morgan fingerprint density at radius 1 is 1.17 bits per heavy atom. The number of rotatable bonds is 7. The molecule has 1 atom stereocenters. The zero-order valence-electron chi connectivity index (χ0n) is 17.6. The van der Waals surface area contributed by atoms with Crippen molar-refractivity contribution in [2.24, 2.45) is 5.92 Å². The number of carbonyl (C=O) groups excluding carboxylic acids is 2. The molecule has 1 aromatic carbocycles. The Hall–Kier alpha value is -2.34. The molecule has 1 unspecified atom stereocenters. The SMILES string of the molecule is CC(C)C(=O)N(CC(=O)N1CCc2sccc2C1COc1ccccc1)C(C)C. The molecule has 2 heterocycles. The summed E-state index contributed by atoms with van der Waals surface area (Å²) in [4.78, 5) is 30.7. The minimum absolute atomic E-state index is 0.0127. The van der Waals surface area contributed by atoms with Crippen molar-refractivity contribution in [1.82, 2.24) is 9.80 Å². The van der Waals surface area contributed by atoms with Crippen LogP contribution in [0.25, 0.3) is 0 Å². The van der Waals surface area contributed by atoms with Crippen molar-refractivity contribution in [2.45, 2.75) is 46.2 Å². The van der Waals surface area contributed by atoms with Crippen LogP contribution in [0.5, 0.6) is 5.75 Å². The van der Waals surface area contributed by atoms with Crippen molar-refractivity contribution in [2.75, 3.05) is 19.7 Å². The van der Waals surface area contributed by atoms with Crippen LogP contribution in [0.1, 0.15) is 44.2 Å². The summed E-state index contributed by atoms with van der Waals surface area (Å²) in [6, 6.07) is 11.6. The molecular weight excluding hydrogens is 384 g/mol. The average molecular weight is 415 g/mol. The second kappa shape index (κ2) is 9.44. The van der Waals surface area contributed by atoms with E-state index in [4.69, 9.17) is 4.74 Å². The molecule has 0 fully saturated rings. The zero-order chi connectivity index (χ0) is 21.0. The molecule has 2 aromatic rings. The molecule has 0 radical (unpaired) electrons. The van der Waals surface area contributed by atoms with Crippen molar-refractivity contribution in [3.8, 4) is 5.75 Å². The molecule has 0 spiro atoms. The van der Waals surface area contributed by atoms with Crippen LogP contribution in [-0.4, -0.2) is 47.4 Å². The number of thiophene rings is 1. The van der Waals surface area contributed by atoms with E-state index in [0.29, 0.717) is 13.2 Å². The van der Waals surface area contributed by atoms with Gasteiger partial charge < -0.3 is 14.5 Å². The quantitative estimate of drug-likeness (QED) is 0.684. The van der Waals surface area contributed by atoms with Gasteiger partial charge in [0.25, 0.3) is 0 Å². The molecule has 156 valence electrons. The number of hydrogen-bond donors (Lipinski definition) is 0. The highest BCUT2D eigenvalue weighted by molar-refractivity contribution is 7.10. The summed E-state index contributed by atoms with van der Waals surface area (Å²) in [5, 5.41) is 2.08. The molecule has 1 aliphatic heterocycles. The van der Waals surface area contributed by atoms with E-state index >= 15 is 0 Å². The van der Waals surface area contributed by atoms with E-state index < -0.39 is 0 Å². The van der Waals surface area contributed by atoms with Gasteiger partial charge in [-0.2, -0.15) is 0 Å². The Morgan fingerprint density at radius 3 is 2.55 bits per heavy atom. The third kappa shape index (κ3) is 4.99. The van der Waals surface area contributed by atoms with Crippen molar-refractivity contribution in [1.29, 1.82) is 0 Å². The van der Waals surface area contributed by atoms with Crippen LogP contribution in [0.2, 0.25) is 0 Å². The second-order valence-electron chi connectivity index (χ2n) is 7.99. The lowest BCUT2D eigenvalue weighted by atomic mass is 10.00. The standard InChI is InChI=1S/C23H30N2O3S/c1-16(2)23(27)25(17(3)4)14-22(26)24-12-10-21-19(11-13-29-21)20(24)15-28-18-8-6-5-7-9-18/h5-9,11,13,16-17,20H,10,12,14-15H2,1-4H3. The fourth-order valence-electron chi connectivity index (χ4n) is 3.65. The molecule has 0 bridgehead atoms. The van der Waals surface area contributed by atoms with Gasteiger partial charge in [-0.3, -0.25) is 9.59 Å². The molecule has 2 amide bonds. The predicted molar refractivity (Wildman–Crippen MR) is 116 cm³/mol. The van der Waals surface area contributed by atoms with Crippen molar-refractivity contribution < 1.29 is 14.3 Å². The number of benzene rings is 1. The Kier molecular flexibility index (Phi) is 6.96. The molecule has 1 aromatic heterocycles. The number of amides is 2. The van der Waals surface area contributed by atoms with Gasteiger partial charge >= 0.3 is 0 Å². The molecule has 0 aliphatic carbocycles. The summed E-state index contributed by atoms with van der Waals surface area (Å²) in [6.45, 7) is 8.81. The van der Waals surface area contributed by atoms with Crippen LogP contribution >= 0.6 is 11.3 Å². The van der Waals surface area contributed by atoms with Crippen molar-refractivity contribution in [3.63, 3.8) is 0 Å². The maximum absolute atomic E-state index is 13.3. The van der Waals surface area contributed by atoms with Crippen molar-refractivity contribution in [3.05, 3.63) is 52.2 Å². The topological polar surface area (TPSA) is 49.9 Å². The van der Waals surface area contributed by atoms with Gasteiger partial charge in [0.05, 0.1) is 6.04 Å². The summed E-state index contributed by atoms with van der Waals surface area (Å²) in [6.07, 6.45) is 0.848. The third-order valence-corrected chi connectivity index (χ3v) is 6.27. The Bertz CT molecular complexity index is 832. The fourth-order valence-corrected chi connectivity index (χ4v) is 4.58. The predicted octanol–water partition coefficient (Wildman–Crippen LogP) is 4.15. The summed E-state index contributed by atoms with van der Waals surface area (Å²) in [5.74, 6) is 0.651. The van der Waals surface area contributed by atoms with Crippen LogP contribution in [0.4, 0.5) is 0 Å². The summed E-state index contributed by atoms with van der Waals surface area (Å²) >= 11 is 1.73. The van der Waals surface area contributed by atoms with E-state index in [1.54, 1.807) is 16.2 Å². The van der Waals surface area contributed by atoms with Gasteiger partial charge in [-0.15, -0.1) is 11.3 Å². The highest BCUT2D eigenvalue weighted by atomic mass is 32.1. The van der Waals surface area contributed by atoms with Crippen LogP contribution in [0.3, 0.4) is 0 Å². The van der Waals surface area contributed by atoms with Gasteiger partial charge in [0.2, 0.25) is 11.8 Å². The highest BCUT2D eigenvalue weighted by Crippen LogP contribution is 2.34. The third-order valence-electron chi connectivity index (χ3n) is 5.27. The molecule has 0 saturated heterocycles. The lowest BCUT2D eigenvalue weighted by Crippen LogP contribution is -2.50. The number of fused-ring (bicyclic) bond motifs is 1. The van der Waals surface area contributed by atoms with E-state index in [0.717, 1.165) is 17.7 Å². The second-order valence-corrected chi connectivity index (χ2v) is 8.99. The van der Waals surface area contributed by atoms with E-state index in [1.807, 2.05) is 62.9 Å². The van der Waals surface area contributed by atoms with E-state index in [-0.39, 0.29) is 36.4 Å². The first-order valence-electron chi connectivity index (χ1n) is 10.2. The minimum Gasteiger partial charge on any atom is -0.491 e. The van der Waals surface area contributed by atoms with Crippen LogP contribution in [0.15, 0.2) is 41.8 Å². The number of para-hydroxylation sites is 1. The molecule has 5 nitrogen and oxygen atoms in total. The maximum Gasteiger partial charge on any atom is 0.242 e. The molecule has 0 saturated carbocycles.